The summed E-state index contributed by atoms with van der Waals surface area (Å²) >= 11 is 0. The molecular weight excluding hydrogens is 294 g/mol. The van der Waals surface area contributed by atoms with E-state index in [0.717, 1.165) is 12.0 Å². The molecule has 1 fully saturated rings. The van der Waals surface area contributed by atoms with Gasteiger partial charge in [0.15, 0.2) is 0 Å². The van der Waals surface area contributed by atoms with E-state index in [4.69, 9.17) is 4.74 Å². The van der Waals surface area contributed by atoms with Crippen molar-refractivity contribution in [3.8, 4) is 0 Å². The molecule has 2 rings (SSSR count). The van der Waals surface area contributed by atoms with Crippen molar-refractivity contribution >= 4 is 12.1 Å². The Hall–Kier alpha value is -2.04. The lowest BCUT2D eigenvalue weighted by atomic mass is 9.82. The molecule has 126 valence electrons. The van der Waals surface area contributed by atoms with Gasteiger partial charge in [0.2, 0.25) is 0 Å². The Morgan fingerprint density at radius 3 is 2.39 bits per heavy atom. The number of likely N-dealkylation sites (tertiary alicyclic amines) is 1. The number of hydrogen-bond donors (Lipinski definition) is 1. The fourth-order valence-electron chi connectivity index (χ4n) is 2.77. The number of nitrogens with zero attached hydrogens (tertiary/aromatic N) is 1. The van der Waals surface area contributed by atoms with E-state index in [1.165, 1.54) is 0 Å². The molecule has 1 amide bonds. The largest absolute Gasteiger partial charge is 0.481 e. The number of aryl methyl sites for hydroxylation is 1. The van der Waals surface area contributed by atoms with E-state index in [2.05, 4.69) is 0 Å². The third-order valence-electron chi connectivity index (χ3n) is 4.03. The van der Waals surface area contributed by atoms with Gasteiger partial charge in [-0.05, 0) is 39.2 Å². The van der Waals surface area contributed by atoms with Gasteiger partial charge < -0.3 is 14.7 Å². The molecule has 1 unspecified atom stereocenters. The lowest BCUT2D eigenvalue weighted by Gasteiger charge is -2.42. The second-order valence-electron chi connectivity index (χ2n) is 7.11. The maximum atomic E-state index is 11.9. The number of carbonyl (C=O) groups is 2. The number of hydrogen-bond acceptors (Lipinski definition) is 3. The minimum atomic E-state index is -0.783. The Balaban J connectivity index is 1.84. The van der Waals surface area contributed by atoms with Gasteiger partial charge in [-0.3, -0.25) is 4.79 Å². The minimum absolute atomic E-state index is 0.00345. The van der Waals surface area contributed by atoms with Crippen molar-refractivity contribution in [2.24, 2.45) is 11.8 Å². The van der Waals surface area contributed by atoms with Gasteiger partial charge >= 0.3 is 12.1 Å². The van der Waals surface area contributed by atoms with Crippen molar-refractivity contribution in [1.29, 1.82) is 0 Å². The standard InChI is InChI=1S/C18H25NO4/c1-18(2,3)23-17(22)19-11-14(12-19)15(16(20)21)10-9-13-7-5-4-6-8-13/h4-8,14-15H,9-12H2,1-3H3,(H,20,21). The first-order valence-corrected chi connectivity index (χ1v) is 8.01. The highest BCUT2D eigenvalue weighted by molar-refractivity contribution is 5.73. The number of rotatable bonds is 5. The van der Waals surface area contributed by atoms with Crippen LogP contribution in [0.25, 0.3) is 0 Å². The molecule has 0 bridgehead atoms. The van der Waals surface area contributed by atoms with Crippen molar-refractivity contribution in [3.63, 3.8) is 0 Å². The maximum absolute atomic E-state index is 11.9. The van der Waals surface area contributed by atoms with Crippen LogP contribution in [-0.4, -0.2) is 40.8 Å². The quantitative estimate of drug-likeness (QED) is 0.905. The molecular formula is C18H25NO4. The lowest BCUT2D eigenvalue weighted by Crippen LogP contribution is -2.55. The zero-order chi connectivity index (χ0) is 17.0. The molecule has 1 aromatic carbocycles. The van der Waals surface area contributed by atoms with Crippen molar-refractivity contribution in [2.75, 3.05) is 13.1 Å². The summed E-state index contributed by atoms with van der Waals surface area (Å²) in [5, 5.41) is 9.46. The van der Waals surface area contributed by atoms with Gasteiger partial charge in [0.05, 0.1) is 5.92 Å². The van der Waals surface area contributed by atoms with Gasteiger partial charge in [0.25, 0.3) is 0 Å². The van der Waals surface area contributed by atoms with Crippen LogP contribution in [0.3, 0.4) is 0 Å². The minimum Gasteiger partial charge on any atom is -0.481 e. The van der Waals surface area contributed by atoms with E-state index in [0.29, 0.717) is 19.5 Å². The molecule has 1 aliphatic rings. The van der Waals surface area contributed by atoms with E-state index in [-0.39, 0.29) is 12.0 Å². The van der Waals surface area contributed by atoms with E-state index in [9.17, 15) is 14.7 Å². The molecule has 1 saturated heterocycles. The third kappa shape index (κ3) is 4.98. The molecule has 1 atom stereocenters. The number of amides is 1. The smallest absolute Gasteiger partial charge is 0.410 e. The van der Waals surface area contributed by atoms with Crippen LogP contribution >= 0.6 is 0 Å². The van der Waals surface area contributed by atoms with Gasteiger partial charge in [-0.15, -0.1) is 0 Å². The second kappa shape index (κ2) is 7.02. The highest BCUT2D eigenvalue weighted by Gasteiger charge is 2.40. The summed E-state index contributed by atoms with van der Waals surface area (Å²) in [6.07, 6.45) is 0.966. The number of ether oxygens (including phenoxy) is 1. The molecule has 1 aliphatic heterocycles. The van der Waals surface area contributed by atoms with Crippen molar-refractivity contribution in [2.45, 2.75) is 39.2 Å². The molecule has 23 heavy (non-hydrogen) atoms. The normalized spacial score (nSPS) is 16.6. The van der Waals surface area contributed by atoms with Gasteiger partial charge in [-0.25, -0.2) is 4.79 Å². The highest BCUT2D eigenvalue weighted by Crippen LogP contribution is 2.29. The van der Waals surface area contributed by atoms with Gasteiger partial charge in [-0.2, -0.15) is 0 Å². The summed E-state index contributed by atoms with van der Waals surface area (Å²) in [7, 11) is 0. The summed E-state index contributed by atoms with van der Waals surface area (Å²) in [4.78, 5) is 25.0. The SMILES string of the molecule is CC(C)(C)OC(=O)N1CC(C(CCc2ccccc2)C(=O)O)C1. The maximum Gasteiger partial charge on any atom is 0.410 e. The summed E-state index contributed by atoms with van der Waals surface area (Å²) in [6.45, 7) is 6.38. The van der Waals surface area contributed by atoms with E-state index in [1.54, 1.807) is 4.90 Å². The fraction of sp³-hybridized carbons (Fsp3) is 0.556. The molecule has 0 spiro atoms. The third-order valence-corrected chi connectivity index (χ3v) is 4.03. The number of carboxylic acids is 1. The number of carbonyl (C=O) groups excluding carboxylic acids is 1. The van der Waals surface area contributed by atoms with Gasteiger partial charge in [0.1, 0.15) is 5.60 Å². The first kappa shape index (κ1) is 17.3. The summed E-state index contributed by atoms with van der Waals surface area (Å²) in [5.41, 5.74) is 0.615. The molecule has 0 aromatic heterocycles. The average molecular weight is 319 g/mol. The van der Waals surface area contributed by atoms with Crippen molar-refractivity contribution in [1.82, 2.24) is 4.90 Å². The van der Waals surface area contributed by atoms with Crippen LogP contribution in [-0.2, 0) is 16.0 Å². The number of aliphatic carboxylic acids is 1. The molecule has 5 nitrogen and oxygen atoms in total. The van der Waals surface area contributed by atoms with Crippen LogP contribution < -0.4 is 0 Å². The van der Waals surface area contributed by atoms with Crippen molar-refractivity contribution < 1.29 is 19.4 Å². The topological polar surface area (TPSA) is 66.8 Å². The zero-order valence-corrected chi connectivity index (χ0v) is 14.0. The Labute approximate surface area is 137 Å². The van der Waals surface area contributed by atoms with Crippen LogP contribution in [0.2, 0.25) is 0 Å². The molecule has 1 heterocycles. The van der Waals surface area contributed by atoms with Crippen LogP contribution in [0, 0.1) is 11.8 Å². The predicted molar refractivity (Wildman–Crippen MR) is 87.2 cm³/mol. The highest BCUT2D eigenvalue weighted by atomic mass is 16.6. The average Bonchev–Trinajstić information content (AvgIpc) is 2.39. The molecule has 0 saturated carbocycles. The summed E-state index contributed by atoms with van der Waals surface area (Å²) in [5.74, 6) is -1.20. The van der Waals surface area contributed by atoms with Gasteiger partial charge in [-0.1, -0.05) is 30.3 Å². The number of carboxylic acid groups (broad SMARTS) is 1. The molecule has 5 heteroatoms. The Kier molecular flexibility index (Phi) is 5.29. The Morgan fingerprint density at radius 2 is 1.87 bits per heavy atom. The lowest BCUT2D eigenvalue weighted by molar-refractivity contribution is -0.146. The van der Waals surface area contributed by atoms with Crippen molar-refractivity contribution in [3.05, 3.63) is 35.9 Å². The van der Waals surface area contributed by atoms with E-state index >= 15 is 0 Å². The first-order valence-electron chi connectivity index (χ1n) is 8.01. The van der Waals surface area contributed by atoms with Crippen LogP contribution in [0.5, 0.6) is 0 Å². The molecule has 1 aromatic rings. The van der Waals surface area contributed by atoms with Crippen LogP contribution in [0.1, 0.15) is 32.8 Å². The summed E-state index contributed by atoms with van der Waals surface area (Å²) < 4.78 is 5.30. The van der Waals surface area contributed by atoms with Crippen LogP contribution in [0.15, 0.2) is 30.3 Å². The molecule has 0 aliphatic carbocycles. The van der Waals surface area contributed by atoms with E-state index in [1.807, 2.05) is 51.1 Å². The Morgan fingerprint density at radius 1 is 1.26 bits per heavy atom. The Bertz CT molecular complexity index is 544. The molecule has 1 N–H and O–H groups in total. The second-order valence-corrected chi connectivity index (χ2v) is 7.11. The fourth-order valence-corrected chi connectivity index (χ4v) is 2.77. The van der Waals surface area contributed by atoms with Crippen LogP contribution in [0.4, 0.5) is 4.79 Å². The predicted octanol–water partition coefficient (Wildman–Crippen LogP) is 3.19. The summed E-state index contributed by atoms with van der Waals surface area (Å²) in [6, 6.07) is 9.87. The van der Waals surface area contributed by atoms with E-state index < -0.39 is 17.5 Å². The zero-order valence-electron chi connectivity index (χ0n) is 14.0. The molecule has 0 radical (unpaired) electrons. The monoisotopic (exact) mass is 319 g/mol. The van der Waals surface area contributed by atoms with Gasteiger partial charge in [0, 0.05) is 19.0 Å². The first-order chi connectivity index (χ1) is 10.8. The number of benzene rings is 1.